The maximum atomic E-state index is 14.4. The van der Waals surface area contributed by atoms with Crippen LogP contribution < -0.4 is 5.32 Å². The highest BCUT2D eigenvalue weighted by Gasteiger charge is 2.53. The van der Waals surface area contributed by atoms with E-state index in [1.54, 1.807) is 0 Å². The van der Waals surface area contributed by atoms with E-state index >= 15 is 0 Å². The molecule has 1 fully saturated rings. The molecule has 0 saturated carbocycles. The van der Waals surface area contributed by atoms with Crippen molar-refractivity contribution in [3.63, 3.8) is 0 Å². The van der Waals surface area contributed by atoms with Gasteiger partial charge >= 0.3 is 6.09 Å². The molecule has 2 N–H and O–H groups in total. The summed E-state index contributed by atoms with van der Waals surface area (Å²) >= 11 is 0. The molecule has 0 atom stereocenters. The van der Waals surface area contributed by atoms with Crippen LogP contribution >= 0.6 is 0 Å². The van der Waals surface area contributed by atoms with Crippen molar-refractivity contribution in [3.8, 4) is 11.1 Å². The van der Waals surface area contributed by atoms with Gasteiger partial charge in [0, 0.05) is 32.0 Å². The van der Waals surface area contributed by atoms with E-state index in [1.165, 1.54) is 0 Å². The summed E-state index contributed by atoms with van der Waals surface area (Å²) < 4.78 is 39.1. The first-order chi connectivity index (χ1) is 13.9. The third-order valence-corrected chi connectivity index (χ3v) is 5.80. The Morgan fingerprint density at radius 2 is 1.66 bits per heavy atom. The summed E-state index contributed by atoms with van der Waals surface area (Å²) in [7, 11) is 0. The van der Waals surface area contributed by atoms with Crippen LogP contribution in [0.1, 0.15) is 29.9 Å². The summed E-state index contributed by atoms with van der Waals surface area (Å²) in [6.07, 6.45) is -1.28. The van der Waals surface area contributed by atoms with Gasteiger partial charge in [-0.25, -0.2) is 13.6 Å². The molecule has 4 rings (SSSR count). The van der Waals surface area contributed by atoms with Crippen molar-refractivity contribution >= 4 is 6.09 Å². The molecule has 0 aromatic heterocycles. The van der Waals surface area contributed by atoms with Gasteiger partial charge in [-0.2, -0.15) is 0 Å². The largest absolute Gasteiger partial charge is 0.449 e. The Labute approximate surface area is 167 Å². The second-order valence-corrected chi connectivity index (χ2v) is 7.53. The molecule has 7 heteroatoms. The van der Waals surface area contributed by atoms with E-state index in [0.717, 1.165) is 22.3 Å². The molecule has 5 nitrogen and oxygen atoms in total. The molecular weight excluding hydrogens is 380 g/mol. The molecule has 2 aromatic carbocycles. The number of alkyl carbamates (subject to hydrolysis) is 1. The first kappa shape index (κ1) is 19.8. The smallest absolute Gasteiger partial charge is 0.407 e. The predicted octanol–water partition coefficient (Wildman–Crippen LogP) is 3.70. The van der Waals surface area contributed by atoms with Crippen molar-refractivity contribution in [3.05, 3.63) is 59.7 Å². The topological polar surface area (TPSA) is 67.8 Å². The van der Waals surface area contributed by atoms with Crippen molar-refractivity contribution in [1.29, 1.82) is 0 Å². The first-order valence-corrected chi connectivity index (χ1v) is 9.68. The molecule has 1 amide bonds. The second-order valence-electron chi connectivity index (χ2n) is 7.53. The lowest BCUT2D eigenvalue weighted by Crippen LogP contribution is -2.56. The summed E-state index contributed by atoms with van der Waals surface area (Å²) in [6.45, 7) is -0.808. The number of fused-ring (bicyclic) bond motifs is 3. The van der Waals surface area contributed by atoms with E-state index < -0.39 is 24.2 Å². The van der Waals surface area contributed by atoms with Crippen LogP contribution in [-0.4, -0.2) is 49.1 Å². The number of amides is 1. The van der Waals surface area contributed by atoms with E-state index in [4.69, 9.17) is 9.47 Å². The van der Waals surface area contributed by atoms with Crippen molar-refractivity contribution < 1.29 is 28.2 Å². The van der Waals surface area contributed by atoms with Crippen LogP contribution in [0.4, 0.5) is 13.6 Å². The van der Waals surface area contributed by atoms with Gasteiger partial charge in [-0.3, -0.25) is 0 Å². The summed E-state index contributed by atoms with van der Waals surface area (Å²) in [6, 6.07) is 15.8. The van der Waals surface area contributed by atoms with E-state index in [1.807, 2.05) is 48.5 Å². The number of halogens is 2. The Kier molecular flexibility index (Phi) is 5.27. The molecule has 0 bridgehead atoms. The number of aliphatic hydroxyl groups is 1. The van der Waals surface area contributed by atoms with E-state index in [-0.39, 0.29) is 38.6 Å². The highest BCUT2D eigenvalue weighted by molar-refractivity contribution is 5.79. The Morgan fingerprint density at radius 3 is 2.24 bits per heavy atom. The van der Waals surface area contributed by atoms with Crippen LogP contribution in [0, 0.1) is 0 Å². The lowest BCUT2D eigenvalue weighted by molar-refractivity contribution is -0.209. The molecular formula is C22H23F2NO4. The maximum Gasteiger partial charge on any atom is 0.407 e. The number of carbonyl (C=O) groups is 1. The lowest BCUT2D eigenvalue weighted by Gasteiger charge is -2.38. The lowest BCUT2D eigenvalue weighted by atomic mass is 9.87. The van der Waals surface area contributed by atoms with Crippen LogP contribution in [0.3, 0.4) is 0 Å². The van der Waals surface area contributed by atoms with Crippen LogP contribution in [0.25, 0.3) is 11.1 Å². The molecule has 0 spiro atoms. The SMILES string of the molecule is O=C(NCC(F)(F)C1(O)CCOCC1)OCC1c2ccccc2-c2ccccc21. The Bertz CT molecular complexity index is 850. The van der Waals surface area contributed by atoms with Crippen molar-refractivity contribution in [2.24, 2.45) is 0 Å². The minimum absolute atomic E-state index is 0.0452. The van der Waals surface area contributed by atoms with E-state index in [9.17, 15) is 18.7 Å². The standard InChI is InChI=1S/C22H23F2NO4/c23-22(24,21(27)9-11-28-12-10-21)14-25-20(26)29-13-19-17-7-3-1-5-15(17)16-6-2-4-8-18(16)19/h1-8,19,27H,9-14H2,(H,25,26). The highest BCUT2D eigenvalue weighted by atomic mass is 19.3. The minimum atomic E-state index is -3.47. The molecule has 29 heavy (non-hydrogen) atoms. The van der Waals surface area contributed by atoms with Crippen molar-refractivity contribution in [2.45, 2.75) is 30.3 Å². The average molecular weight is 403 g/mol. The van der Waals surface area contributed by atoms with Gasteiger partial charge in [0.25, 0.3) is 5.92 Å². The number of carbonyl (C=O) groups excluding carboxylic acids is 1. The quantitative estimate of drug-likeness (QED) is 0.799. The molecule has 1 aliphatic carbocycles. The number of nitrogens with one attached hydrogen (secondary N) is 1. The first-order valence-electron chi connectivity index (χ1n) is 9.68. The summed E-state index contributed by atoms with van der Waals surface area (Å²) in [5, 5.41) is 12.3. The number of hydrogen-bond acceptors (Lipinski definition) is 4. The molecule has 2 aliphatic rings. The average Bonchev–Trinajstić information content (AvgIpc) is 3.05. The van der Waals surface area contributed by atoms with Gasteiger partial charge in [0.05, 0.1) is 6.54 Å². The fourth-order valence-corrected chi connectivity index (χ4v) is 4.07. The summed E-state index contributed by atoms with van der Waals surface area (Å²) in [4.78, 5) is 12.1. The zero-order chi connectivity index (χ0) is 20.5. The number of hydrogen-bond donors (Lipinski definition) is 2. The maximum absolute atomic E-state index is 14.4. The Balaban J connectivity index is 1.38. The molecule has 0 unspecified atom stereocenters. The van der Waals surface area contributed by atoms with Crippen LogP contribution in [0.15, 0.2) is 48.5 Å². The van der Waals surface area contributed by atoms with Gasteiger partial charge in [0.15, 0.2) is 0 Å². The Hall–Kier alpha value is -2.51. The second kappa shape index (κ2) is 7.72. The zero-order valence-corrected chi connectivity index (χ0v) is 15.9. The van der Waals surface area contributed by atoms with Crippen molar-refractivity contribution in [1.82, 2.24) is 5.32 Å². The number of rotatable bonds is 5. The fraction of sp³-hybridized carbons (Fsp3) is 0.409. The number of alkyl halides is 2. The fourth-order valence-electron chi connectivity index (χ4n) is 4.07. The molecule has 1 saturated heterocycles. The van der Waals surface area contributed by atoms with Gasteiger partial charge in [0.1, 0.15) is 12.2 Å². The third kappa shape index (κ3) is 3.72. The molecule has 2 aromatic rings. The zero-order valence-electron chi connectivity index (χ0n) is 15.9. The monoisotopic (exact) mass is 403 g/mol. The Morgan fingerprint density at radius 1 is 1.10 bits per heavy atom. The summed E-state index contributed by atoms with van der Waals surface area (Å²) in [5.74, 6) is -3.61. The number of benzene rings is 2. The van der Waals surface area contributed by atoms with Crippen molar-refractivity contribution in [2.75, 3.05) is 26.4 Å². The van der Waals surface area contributed by atoms with Gasteiger partial charge < -0.3 is 19.9 Å². The van der Waals surface area contributed by atoms with Crippen LogP contribution in [0.5, 0.6) is 0 Å². The third-order valence-electron chi connectivity index (χ3n) is 5.80. The van der Waals surface area contributed by atoms with Gasteiger partial charge in [0.2, 0.25) is 0 Å². The highest BCUT2D eigenvalue weighted by Crippen LogP contribution is 2.44. The minimum Gasteiger partial charge on any atom is -0.449 e. The normalized spacial score (nSPS) is 18.0. The predicted molar refractivity (Wildman–Crippen MR) is 103 cm³/mol. The molecule has 1 heterocycles. The summed E-state index contributed by atoms with van der Waals surface area (Å²) in [5.41, 5.74) is 2.09. The van der Waals surface area contributed by atoms with E-state index in [0.29, 0.717) is 0 Å². The van der Waals surface area contributed by atoms with Gasteiger partial charge in [-0.05, 0) is 22.3 Å². The van der Waals surface area contributed by atoms with Crippen LogP contribution in [-0.2, 0) is 9.47 Å². The molecule has 0 radical (unpaired) electrons. The van der Waals surface area contributed by atoms with Gasteiger partial charge in [-0.15, -0.1) is 0 Å². The van der Waals surface area contributed by atoms with Crippen LogP contribution in [0.2, 0.25) is 0 Å². The molecule has 1 aliphatic heterocycles. The van der Waals surface area contributed by atoms with Gasteiger partial charge in [-0.1, -0.05) is 48.5 Å². The number of ether oxygens (including phenoxy) is 2. The van der Waals surface area contributed by atoms with E-state index in [2.05, 4.69) is 5.32 Å². The molecule has 154 valence electrons.